The molecule has 26 heavy (non-hydrogen) atoms. The summed E-state index contributed by atoms with van der Waals surface area (Å²) in [5.74, 6) is -0.248. The minimum absolute atomic E-state index is 0.117. The predicted molar refractivity (Wildman–Crippen MR) is 96.5 cm³/mol. The van der Waals surface area contributed by atoms with Gasteiger partial charge < -0.3 is 19.9 Å². The number of amides is 2. The van der Waals surface area contributed by atoms with Crippen molar-refractivity contribution >= 4 is 23.4 Å². The Bertz CT molecular complexity index is 684. The highest BCUT2D eigenvalue weighted by Gasteiger charge is 2.27. The molecular formula is C17H24N4O5. The number of anilines is 1. The summed E-state index contributed by atoms with van der Waals surface area (Å²) >= 11 is 0. The fraction of sp³-hybridized carbons (Fsp3) is 0.529. The minimum atomic E-state index is -0.619. The lowest BCUT2D eigenvalue weighted by Crippen LogP contribution is -2.52. The molecule has 1 saturated heterocycles. The molecule has 0 saturated carbocycles. The number of nitrogens with one attached hydrogen (secondary N) is 1. The number of ether oxygens (including phenoxy) is 1. The van der Waals surface area contributed by atoms with Crippen LogP contribution in [0.2, 0.25) is 0 Å². The number of piperazine rings is 1. The second-order valence-corrected chi connectivity index (χ2v) is 6.51. The average molecular weight is 364 g/mol. The Kier molecular flexibility index (Phi) is 6.37. The van der Waals surface area contributed by atoms with Crippen LogP contribution in [0.25, 0.3) is 0 Å². The summed E-state index contributed by atoms with van der Waals surface area (Å²) < 4.78 is 4.61. The van der Waals surface area contributed by atoms with Crippen molar-refractivity contribution in [2.75, 3.05) is 44.7 Å². The lowest BCUT2D eigenvalue weighted by Gasteiger charge is -2.35. The van der Waals surface area contributed by atoms with Crippen molar-refractivity contribution in [2.24, 2.45) is 5.92 Å². The van der Waals surface area contributed by atoms with E-state index >= 15 is 0 Å². The van der Waals surface area contributed by atoms with Crippen molar-refractivity contribution in [3.05, 3.63) is 33.9 Å². The van der Waals surface area contributed by atoms with Gasteiger partial charge in [0, 0.05) is 38.8 Å². The average Bonchev–Trinajstić information content (AvgIpc) is 2.65. The van der Waals surface area contributed by atoms with E-state index in [0.717, 1.165) is 0 Å². The first-order valence-electron chi connectivity index (χ1n) is 8.48. The van der Waals surface area contributed by atoms with Crippen molar-refractivity contribution in [1.82, 2.24) is 10.2 Å². The summed E-state index contributed by atoms with van der Waals surface area (Å²) in [6.07, 6.45) is 0. The van der Waals surface area contributed by atoms with Gasteiger partial charge in [-0.1, -0.05) is 13.8 Å². The molecule has 0 spiro atoms. The predicted octanol–water partition coefficient (Wildman–Crippen LogP) is 1.87. The standard InChI is InChI=1S/C17H24N4O5/c1-12(2)11-18-17(23)20-8-6-19(7-9-20)14-5-4-13(16(22)26-3)10-15(14)21(24)25/h4-5,10,12H,6-9,11H2,1-3H3,(H,18,23). The van der Waals surface area contributed by atoms with Crippen LogP contribution in [0.4, 0.5) is 16.2 Å². The topological polar surface area (TPSA) is 105 Å². The number of nitrogens with zero attached hydrogens (tertiary/aromatic N) is 3. The zero-order chi connectivity index (χ0) is 19.3. The highest BCUT2D eigenvalue weighted by molar-refractivity contribution is 5.91. The lowest BCUT2D eigenvalue weighted by molar-refractivity contribution is -0.384. The maximum atomic E-state index is 12.1. The molecule has 9 nitrogen and oxygen atoms in total. The summed E-state index contributed by atoms with van der Waals surface area (Å²) in [5.41, 5.74) is 0.421. The van der Waals surface area contributed by atoms with Gasteiger partial charge in [0.05, 0.1) is 17.6 Å². The summed E-state index contributed by atoms with van der Waals surface area (Å²) in [6, 6.07) is 4.17. The van der Waals surface area contributed by atoms with E-state index in [1.165, 1.54) is 19.2 Å². The van der Waals surface area contributed by atoms with E-state index in [4.69, 9.17) is 0 Å². The second-order valence-electron chi connectivity index (χ2n) is 6.51. The molecule has 0 atom stereocenters. The van der Waals surface area contributed by atoms with Crippen molar-refractivity contribution in [2.45, 2.75) is 13.8 Å². The molecule has 1 fully saturated rings. The lowest BCUT2D eigenvalue weighted by atomic mass is 10.1. The van der Waals surface area contributed by atoms with Crippen molar-refractivity contribution in [1.29, 1.82) is 0 Å². The van der Waals surface area contributed by atoms with Gasteiger partial charge in [-0.3, -0.25) is 10.1 Å². The van der Waals surface area contributed by atoms with E-state index in [1.807, 2.05) is 18.7 Å². The second kappa shape index (κ2) is 8.50. The molecule has 9 heteroatoms. The van der Waals surface area contributed by atoms with Crippen LogP contribution in [0.3, 0.4) is 0 Å². The Morgan fingerprint density at radius 2 is 1.92 bits per heavy atom. The molecule has 0 unspecified atom stereocenters. The van der Waals surface area contributed by atoms with Crippen LogP contribution in [0.15, 0.2) is 18.2 Å². The van der Waals surface area contributed by atoms with Gasteiger partial charge in [0.1, 0.15) is 5.69 Å². The number of methoxy groups -OCH3 is 1. The zero-order valence-corrected chi connectivity index (χ0v) is 15.2. The zero-order valence-electron chi connectivity index (χ0n) is 15.2. The maximum absolute atomic E-state index is 12.1. The largest absolute Gasteiger partial charge is 0.465 e. The Balaban J connectivity index is 2.07. The molecular weight excluding hydrogens is 340 g/mol. The quantitative estimate of drug-likeness (QED) is 0.486. The van der Waals surface area contributed by atoms with Gasteiger partial charge in [-0.25, -0.2) is 9.59 Å². The van der Waals surface area contributed by atoms with Crippen LogP contribution in [-0.2, 0) is 4.74 Å². The number of hydrogen-bond acceptors (Lipinski definition) is 6. The van der Waals surface area contributed by atoms with Crippen LogP contribution in [0.5, 0.6) is 0 Å². The van der Waals surface area contributed by atoms with E-state index in [-0.39, 0.29) is 17.3 Å². The Labute approximate surface area is 152 Å². The molecule has 1 aromatic rings. The van der Waals surface area contributed by atoms with Gasteiger partial charge in [0.25, 0.3) is 5.69 Å². The maximum Gasteiger partial charge on any atom is 0.338 e. The molecule has 142 valence electrons. The van der Waals surface area contributed by atoms with Gasteiger partial charge >= 0.3 is 12.0 Å². The molecule has 0 bridgehead atoms. The number of benzene rings is 1. The summed E-state index contributed by atoms with van der Waals surface area (Å²) in [7, 11) is 1.23. The first kappa shape index (κ1) is 19.5. The van der Waals surface area contributed by atoms with Crippen LogP contribution >= 0.6 is 0 Å². The number of carbonyl (C=O) groups excluding carboxylic acids is 2. The van der Waals surface area contributed by atoms with Crippen molar-refractivity contribution in [3.63, 3.8) is 0 Å². The third-order valence-corrected chi connectivity index (χ3v) is 4.16. The number of rotatable bonds is 5. The van der Waals surface area contributed by atoms with E-state index in [2.05, 4.69) is 10.1 Å². The molecule has 0 aromatic heterocycles. The third kappa shape index (κ3) is 4.62. The Morgan fingerprint density at radius 3 is 2.46 bits per heavy atom. The Hall–Kier alpha value is -2.84. The summed E-state index contributed by atoms with van der Waals surface area (Å²) in [4.78, 5) is 38.1. The van der Waals surface area contributed by atoms with Gasteiger partial charge in [0.15, 0.2) is 0 Å². The minimum Gasteiger partial charge on any atom is -0.465 e. The number of urea groups is 1. The summed E-state index contributed by atoms with van der Waals surface area (Å²) in [6.45, 7) is 6.56. The fourth-order valence-corrected chi connectivity index (χ4v) is 2.74. The molecule has 2 rings (SSSR count). The Morgan fingerprint density at radius 1 is 1.27 bits per heavy atom. The van der Waals surface area contributed by atoms with Gasteiger partial charge in [-0.15, -0.1) is 0 Å². The van der Waals surface area contributed by atoms with E-state index in [9.17, 15) is 19.7 Å². The molecule has 1 N–H and O–H groups in total. The third-order valence-electron chi connectivity index (χ3n) is 4.16. The van der Waals surface area contributed by atoms with E-state index < -0.39 is 10.9 Å². The first-order chi connectivity index (χ1) is 12.3. The number of carbonyl (C=O) groups is 2. The SMILES string of the molecule is COC(=O)c1ccc(N2CCN(C(=O)NCC(C)C)CC2)c([N+](=O)[O-])c1. The molecule has 1 aliphatic rings. The highest BCUT2D eigenvalue weighted by atomic mass is 16.6. The monoisotopic (exact) mass is 364 g/mol. The van der Waals surface area contributed by atoms with Gasteiger partial charge in [-0.05, 0) is 18.1 Å². The number of nitro benzene ring substituents is 1. The molecule has 0 radical (unpaired) electrons. The number of hydrogen-bond donors (Lipinski definition) is 1. The smallest absolute Gasteiger partial charge is 0.338 e. The normalized spacial score (nSPS) is 14.3. The number of esters is 1. The highest BCUT2D eigenvalue weighted by Crippen LogP contribution is 2.30. The molecule has 1 heterocycles. The van der Waals surface area contributed by atoms with Crippen molar-refractivity contribution < 1.29 is 19.2 Å². The number of nitro groups is 1. The molecule has 1 aliphatic heterocycles. The van der Waals surface area contributed by atoms with E-state index in [1.54, 1.807) is 11.0 Å². The van der Waals surface area contributed by atoms with Crippen LogP contribution in [0.1, 0.15) is 24.2 Å². The molecule has 1 aromatic carbocycles. The first-order valence-corrected chi connectivity index (χ1v) is 8.48. The molecule has 0 aliphatic carbocycles. The van der Waals surface area contributed by atoms with Crippen LogP contribution in [0, 0.1) is 16.0 Å². The van der Waals surface area contributed by atoms with Crippen LogP contribution in [-0.4, -0.2) is 61.7 Å². The summed E-state index contributed by atoms with van der Waals surface area (Å²) in [5, 5.41) is 14.3. The fourth-order valence-electron chi connectivity index (χ4n) is 2.74. The van der Waals surface area contributed by atoms with Crippen LogP contribution < -0.4 is 10.2 Å². The molecule has 2 amide bonds. The van der Waals surface area contributed by atoms with E-state index in [0.29, 0.717) is 44.3 Å². The van der Waals surface area contributed by atoms with Gasteiger partial charge in [-0.2, -0.15) is 0 Å². The van der Waals surface area contributed by atoms with Crippen molar-refractivity contribution in [3.8, 4) is 0 Å². The van der Waals surface area contributed by atoms with Gasteiger partial charge in [0.2, 0.25) is 0 Å².